The number of hydrogen-bond donors (Lipinski definition) is 2. The van der Waals surface area contributed by atoms with Crippen molar-refractivity contribution in [2.45, 2.75) is 37.1 Å². The molecule has 0 unspecified atom stereocenters. The molecule has 0 aliphatic rings. The lowest BCUT2D eigenvalue weighted by Gasteiger charge is -2.09. The van der Waals surface area contributed by atoms with E-state index in [1.807, 2.05) is 6.92 Å². The van der Waals surface area contributed by atoms with E-state index in [1.165, 1.54) is 41.3 Å². The van der Waals surface area contributed by atoms with Crippen molar-refractivity contribution in [1.82, 2.24) is 19.7 Å². The van der Waals surface area contributed by atoms with Crippen LogP contribution in [-0.2, 0) is 26.6 Å². The molecule has 2 heterocycles. The Labute approximate surface area is 169 Å². The Kier molecular flexibility index (Phi) is 5.57. The first kappa shape index (κ1) is 20.7. The number of nitrogens with one attached hydrogen (secondary N) is 2. The summed E-state index contributed by atoms with van der Waals surface area (Å²) in [5.41, 5.74) is 1.21. The maximum atomic E-state index is 12.6. The summed E-state index contributed by atoms with van der Waals surface area (Å²) in [6, 6.07) is 6.95. The van der Waals surface area contributed by atoms with Crippen LogP contribution in [0.5, 0.6) is 0 Å². The van der Waals surface area contributed by atoms with Crippen LogP contribution in [0.2, 0.25) is 0 Å². The zero-order chi connectivity index (χ0) is 21.2. The topological polar surface area (TPSA) is 136 Å². The second-order valence-corrected chi connectivity index (χ2v) is 9.52. The van der Waals surface area contributed by atoms with Crippen LogP contribution in [0.25, 0.3) is 0 Å². The van der Waals surface area contributed by atoms with E-state index < -0.39 is 20.0 Å². The number of hydrogen-bond acceptors (Lipinski definition) is 7. The number of sulfonamides is 2. The van der Waals surface area contributed by atoms with Gasteiger partial charge in [-0.1, -0.05) is 0 Å². The lowest BCUT2D eigenvalue weighted by molar-refractivity contribution is 0.599. The Morgan fingerprint density at radius 3 is 2.24 bits per heavy atom. The van der Waals surface area contributed by atoms with Crippen LogP contribution in [0.3, 0.4) is 0 Å². The fraction of sp³-hybridized carbons (Fsp3) is 0.235. The average Bonchev–Trinajstić information content (AvgIpc) is 3.03. The first-order valence-electron chi connectivity index (χ1n) is 8.60. The molecule has 2 aromatic heterocycles. The molecule has 0 radical (unpaired) electrons. The maximum absolute atomic E-state index is 12.6. The summed E-state index contributed by atoms with van der Waals surface area (Å²) in [5.74, 6) is -0.0433. The Morgan fingerprint density at radius 1 is 0.966 bits per heavy atom. The molecule has 0 saturated carbocycles. The molecule has 29 heavy (non-hydrogen) atoms. The lowest BCUT2D eigenvalue weighted by atomic mass is 10.3. The van der Waals surface area contributed by atoms with Crippen LogP contribution >= 0.6 is 0 Å². The first-order valence-corrected chi connectivity index (χ1v) is 11.6. The number of aryl methyl sites for hydroxylation is 3. The third kappa shape index (κ3) is 4.71. The Bertz CT molecular complexity index is 1240. The van der Waals surface area contributed by atoms with Crippen LogP contribution in [-0.4, -0.2) is 36.6 Å². The van der Waals surface area contributed by atoms with Gasteiger partial charge in [0.1, 0.15) is 4.90 Å². The van der Waals surface area contributed by atoms with Crippen molar-refractivity contribution in [2.24, 2.45) is 0 Å². The van der Waals surface area contributed by atoms with E-state index in [1.54, 1.807) is 19.9 Å². The van der Waals surface area contributed by atoms with Gasteiger partial charge in [0.15, 0.2) is 0 Å². The van der Waals surface area contributed by atoms with Crippen LogP contribution in [0.1, 0.15) is 18.3 Å². The molecule has 0 atom stereocenters. The molecule has 0 spiro atoms. The number of aromatic nitrogens is 4. The second-order valence-electron chi connectivity index (χ2n) is 6.19. The quantitative estimate of drug-likeness (QED) is 0.577. The van der Waals surface area contributed by atoms with Gasteiger partial charge in [0, 0.05) is 30.3 Å². The summed E-state index contributed by atoms with van der Waals surface area (Å²) in [4.78, 5) is 7.87. The SMILES string of the molecule is CCn1cc(S(=O)(=O)Nc2ccc(S(=O)(=O)Nc3nccc(C)n3)cc2)c(C)n1. The summed E-state index contributed by atoms with van der Waals surface area (Å²) in [5, 5.41) is 4.13. The third-order valence-electron chi connectivity index (χ3n) is 3.95. The van der Waals surface area contributed by atoms with Crippen LogP contribution in [0.4, 0.5) is 11.6 Å². The molecule has 12 heteroatoms. The van der Waals surface area contributed by atoms with E-state index in [9.17, 15) is 16.8 Å². The van der Waals surface area contributed by atoms with E-state index in [4.69, 9.17) is 0 Å². The van der Waals surface area contributed by atoms with E-state index >= 15 is 0 Å². The molecule has 3 rings (SSSR count). The fourth-order valence-corrected chi connectivity index (χ4v) is 4.71. The highest BCUT2D eigenvalue weighted by molar-refractivity contribution is 7.93. The summed E-state index contributed by atoms with van der Waals surface area (Å²) in [7, 11) is -7.77. The summed E-state index contributed by atoms with van der Waals surface area (Å²) in [6.07, 6.45) is 2.89. The number of rotatable bonds is 7. The van der Waals surface area contributed by atoms with E-state index in [2.05, 4.69) is 24.5 Å². The number of anilines is 2. The predicted molar refractivity (Wildman–Crippen MR) is 107 cm³/mol. The zero-order valence-electron chi connectivity index (χ0n) is 16.0. The molecular formula is C17H20N6O4S2. The van der Waals surface area contributed by atoms with Crippen molar-refractivity contribution in [3.05, 3.63) is 54.1 Å². The lowest BCUT2D eigenvalue weighted by Crippen LogP contribution is -2.16. The van der Waals surface area contributed by atoms with Gasteiger partial charge in [0.05, 0.1) is 10.6 Å². The van der Waals surface area contributed by atoms with Gasteiger partial charge < -0.3 is 0 Å². The Morgan fingerprint density at radius 2 is 1.66 bits per heavy atom. The van der Waals surface area contributed by atoms with Crippen molar-refractivity contribution in [2.75, 3.05) is 9.44 Å². The summed E-state index contributed by atoms with van der Waals surface area (Å²) < 4.78 is 56.4. The molecule has 1 aromatic carbocycles. The second kappa shape index (κ2) is 7.79. The number of benzene rings is 1. The molecule has 0 fully saturated rings. The van der Waals surface area contributed by atoms with Crippen LogP contribution in [0, 0.1) is 13.8 Å². The van der Waals surface area contributed by atoms with Crippen molar-refractivity contribution in [3.63, 3.8) is 0 Å². The van der Waals surface area contributed by atoms with Gasteiger partial charge in [-0.3, -0.25) is 9.40 Å². The van der Waals surface area contributed by atoms with Crippen LogP contribution < -0.4 is 9.44 Å². The van der Waals surface area contributed by atoms with Crippen molar-refractivity contribution < 1.29 is 16.8 Å². The molecule has 2 N–H and O–H groups in total. The molecule has 0 bridgehead atoms. The van der Waals surface area contributed by atoms with Gasteiger partial charge in [-0.05, 0) is 51.1 Å². The highest BCUT2D eigenvalue weighted by Gasteiger charge is 2.21. The number of nitrogens with zero attached hydrogens (tertiary/aromatic N) is 4. The molecular weight excluding hydrogens is 416 g/mol. The zero-order valence-corrected chi connectivity index (χ0v) is 17.6. The molecule has 0 amide bonds. The van der Waals surface area contributed by atoms with Crippen molar-refractivity contribution in [1.29, 1.82) is 0 Å². The van der Waals surface area contributed by atoms with Gasteiger partial charge in [-0.2, -0.15) is 5.10 Å². The van der Waals surface area contributed by atoms with Gasteiger partial charge >= 0.3 is 0 Å². The van der Waals surface area contributed by atoms with Gasteiger partial charge in [-0.15, -0.1) is 0 Å². The summed E-state index contributed by atoms with van der Waals surface area (Å²) in [6.45, 7) is 5.72. The molecule has 3 aromatic rings. The van der Waals surface area contributed by atoms with Gasteiger partial charge in [0.25, 0.3) is 20.0 Å². The minimum atomic E-state index is -3.92. The highest BCUT2D eigenvalue weighted by Crippen LogP contribution is 2.21. The van der Waals surface area contributed by atoms with Gasteiger partial charge in [-0.25, -0.2) is 31.5 Å². The van der Waals surface area contributed by atoms with E-state index in [0.717, 1.165) is 0 Å². The van der Waals surface area contributed by atoms with E-state index in [0.29, 0.717) is 17.9 Å². The molecule has 0 aliphatic carbocycles. The Balaban J connectivity index is 1.80. The largest absolute Gasteiger partial charge is 0.280 e. The Hall–Kier alpha value is -2.99. The van der Waals surface area contributed by atoms with Crippen molar-refractivity contribution >= 4 is 31.7 Å². The molecule has 0 saturated heterocycles. The monoisotopic (exact) mass is 436 g/mol. The smallest absolute Gasteiger partial charge is 0.265 e. The van der Waals surface area contributed by atoms with E-state index in [-0.39, 0.29) is 21.4 Å². The molecule has 154 valence electrons. The summed E-state index contributed by atoms with van der Waals surface area (Å²) >= 11 is 0. The maximum Gasteiger partial charge on any atom is 0.265 e. The highest BCUT2D eigenvalue weighted by atomic mass is 32.2. The fourth-order valence-electron chi connectivity index (χ4n) is 2.51. The molecule has 10 nitrogen and oxygen atoms in total. The van der Waals surface area contributed by atoms with Gasteiger partial charge in [0.2, 0.25) is 5.95 Å². The standard InChI is InChI=1S/C17H20N6O4S2/c1-4-23-11-16(13(3)20-23)29(26,27)21-14-5-7-15(8-6-14)28(24,25)22-17-18-10-9-12(2)19-17/h5-11,21H,4H2,1-3H3,(H,18,19,22). The predicted octanol–water partition coefficient (Wildman–Crippen LogP) is 1.91. The third-order valence-corrected chi connectivity index (χ3v) is 6.78. The van der Waals surface area contributed by atoms with Crippen LogP contribution in [0.15, 0.2) is 52.5 Å². The normalized spacial score (nSPS) is 12.0. The van der Waals surface area contributed by atoms with Crippen molar-refractivity contribution in [3.8, 4) is 0 Å². The minimum absolute atomic E-state index is 0.0433. The minimum Gasteiger partial charge on any atom is -0.280 e. The average molecular weight is 437 g/mol. The molecule has 0 aliphatic heterocycles. The first-order chi connectivity index (χ1) is 13.6.